The van der Waals surface area contributed by atoms with Gasteiger partial charge in [-0.2, -0.15) is 0 Å². The maximum Gasteiger partial charge on any atom is 0.261 e. The van der Waals surface area contributed by atoms with E-state index in [4.69, 9.17) is 28.4 Å². The highest BCUT2D eigenvalue weighted by Crippen LogP contribution is 2.46. The minimum atomic E-state index is -0.679. The molecule has 17 nitrogen and oxygen atoms in total. The van der Waals surface area contributed by atoms with Crippen molar-refractivity contribution in [1.29, 1.82) is 0 Å². The molecule has 101 heavy (non-hydrogen) atoms. The molecule has 0 radical (unpaired) electrons. The molecule has 12 rings (SSSR count). The molecule has 0 aliphatic carbocycles. The van der Waals surface area contributed by atoms with Gasteiger partial charge in [-0.1, -0.05) is 183 Å². The summed E-state index contributed by atoms with van der Waals surface area (Å²) in [6, 6.07) is 57.3. The minimum absolute atomic E-state index is 0.0165. The van der Waals surface area contributed by atoms with Crippen LogP contribution in [-0.2, 0) is 37.6 Å². The number of ether oxygens (including phenoxy) is 6. The second-order valence-electron chi connectivity index (χ2n) is 27.4. The van der Waals surface area contributed by atoms with Crippen molar-refractivity contribution < 1.29 is 57.0 Å². The van der Waals surface area contributed by atoms with Crippen LogP contribution in [0.3, 0.4) is 0 Å². The highest BCUT2D eigenvalue weighted by Gasteiger charge is 2.39. The van der Waals surface area contributed by atoms with Crippen LogP contribution in [0.5, 0.6) is 23.0 Å². The van der Waals surface area contributed by atoms with E-state index in [9.17, 15) is 24.0 Å². The maximum absolute atomic E-state index is 14.0. The highest BCUT2D eigenvalue weighted by atomic mass is 16.5. The van der Waals surface area contributed by atoms with Crippen LogP contribution in [0.1, 0.15) is 174 Å². The van der Waals surface area contributed by atoms with E-state index in [2.05, 4.69) is 153 Å². The summed E-state index contributed by atoms with van der Waals surface area (Å²) < 4.78 is 36.3. The molecule has 0 unspecified atom stereocenters. The molecule has 5 N–H and O–H groups in total. The summed E-state index contributed by atoms with van der Waals surface area (Å²) in [6.07, 6.45) is 14.8. The van der Waals surface area contributed by atoms with Crippen molar-refractivity contribution in [3.05, 3.63) is 256 Å². The van der Waals surface area contributed by atoms with Gasteiger partial charge in [-0.25, -0.2) is 4.57 Å². The number of amides is 5. The quantitative estimate of drug-likeness (QED) is 0.0223. The maximum atomic E-state index is 14.0. The van der Waals surface area contributed by atoms with E-state index >= 15 is 0 Å². The molecule has 0 saturated heterocycles. The lowest BCUT2D eigenvalue weighted by atomic mass is 9.64. The molecule has 7 aromatic carbocycles. The number of anilines is 2. The number of carbonyl (C=O) groups excluding carboxylic acids is 5. The molecule has 6 bridgehead atoms. The third-order valence-electron chi connectivity index (χ3n) is 17.6. The smallest absolute Gasteiger partial charge is 0.261 e. The SMILES string of the molecule is C[n+]1cc(C(=O)NCCCCCCCCCCC(=O)Nc2cc3cc(c2)C(=O)NCCOc2ccc(cc2)OCCOC/C=C\COCCOc2ccc(cc2)OCCNC3=O)cc(C(=O)Nc2ccc(C(c3ccccc3)(c3ccc(C(C)(C)C)cc3)c3ccc(C(C)(C)C)cc3)cc2)c1. The standard InChI is InChI=1S/C84H98N6O11/c1-82(2,3)65-24-28-68(29-25-65)84(67-21-15-14-16-22-67,69-30-26-66(27-31-69)83(4,5)6)70-32-34-71(35-33-70)89-81(95)64-56-63(59-90(7)60-64)80(94)85-44-18-13-11-9-8-10-12-17-23-77(91)88-72-57-61-55-62(58-72)79(93)87-46-50-99-74-38-42-76(43-39-74)101-54-52-97-48-20-19-47-96-51-53-100-75-40-36-73(37-41-75)98-49-45-86-78(61)92/h14-16,19-22,24-43,55-60H,8-13,17-18,23,44-54H2,1-7H3,(H4-,85,86,87,88,89,91,92,93,94,95)/p+1/b20-19-. The van der Waals surface area contributed by atoms with Crippen molar-refractivity contribution in [2.24, 2.45) is 7.05 Å². The number of unbranched alkanes of at least 4 members (excludes halogenated alkanes) is 7. The molecule has 0 saturated carbocycles. The molecule has 4 aliphatic rings. The van der Waals surface area contributed by atoms with E-state index in [1.165, 1.54) is 17.2 Å². The number of rotatable bonds is 19. The molecule has 1 aromatic heterocycles. The molecule has 17 heteroatoms. The average Bonchev–Trinajstić information content (AvgIpc) is 0.732. The predicted octanol–water partition coefficient (Wildman–Crippen LogP) is 14.6. The summed E-state index contributed by atoms with van der Waals surface area (Å²) in [4.78, 5) is 68.0. The van der Waals surface area contributed by atoms with Gasteiger partial charge in [0.2, 0.25) is 5.91 Å². The van der Waals surface area contributed by atoms with Crippen LogP contribution in [0.25, 0.3) is 0 Å². The van der Waals surface area contributed by atoms with Crippen LogP contribution >= 0.6 is 0 Å². The molecule has 0 spiro atoms. The van der Waals surface area contributed by atoms with E-state index in [1.807, 2.05) is 30.4 Å². The number of benzene rings is 7. The Balaban J connectivity index is 0.715. The van der Waals surface area contributed by atoms with Gasteiger partial charge < -0.3 is 55.0 Å². The molecule has 5 amide bonds. The normalized spacial score (nSPS) is 14.3. The fourth-order valence-electron chi connectivity index (χ4n) is 12.1. The lowest BCUT2D eigenvalue weighted by molar-refractivity contribution is -0.671. The number of pyridine rings is 1. The number of hydrogen-bond donors (Lipinski definition) is 5. The van der Waals surface area contributed by atoms with Crippen molar-refractivity contribution in [2.45, 2.75) is 116 Å². The lowest BCUT2D eigenvalue weighted by Gasteiger charge is -2.37. The molecule has 5 heterocycles. The molecular formula is C84H99N6O11+. The number of aryl methyl sites for hydroxylation is 1. The van der Waals surface area contributed by atoms with Gasteiger partial charge in [-0.05, 0) is 142 Å². The Hall–Kier alpha value is -10.1. The Bertz CT molecular complexity index is 3840. The Morgan fingerprint density at radius 3 is 1.30 bits per heavy atom. The van der Waals surface area contributed by atoms with E-state index in [1.54, 1.807) is 90.7 Å². The summed E-state index contributed by atoms with van der Waals surface area (Å²) in [5.74, 6) is 0.857. The Labute approximate surface area is 595 Å². The van der Waals surface area contributed by atoms with Crippen molar-refractivity contribution in [3.8, 4) is 23.0 Å². The van der Waals surface area contributed by atoms with E-state index in [-0.39, 0.29) is 72.4 Å². The zero-order valence-corrected chi connectivity index (χ0v) is 59.6. The summed E-state index contributed by atoms with van der Waals surface area (Å²) in [5, 5.41) is 14.8. The van der Waals surface area contributed by atoms with Crippen molar-refractivity contribution in [1.82, 2.24) is 16.0 Å². The van der Waals surface area contributed by atoms with Crippen LogP contribution in [0.2, 0.25) is 0 Å². The average molecular weight is 1370 g/mol. The van der Waals surface area contributed by atoms with E-state index in [0.717, 1.165) is 67.2 Å². The zero-order chi connectivity index (χ0) is 71.5. The van der Waals surface area contributed by atoms with Crippen molar-refractivity contribution >= 4 is 40.9 Å². The van der Waals surface area contributed by atoms with E-state index < -0.39 is 17.2 Å². The molecule has 0 fully saturated rings. The fraction of sp³-hybridized carbons (Fsp3) is 0.357. The summed E-state index contributed by atoms with van der Waals surface area (Å²) in [5.41, 5.74) is 8.35. The number of nitrogens with zero attached hydrogens (tertiary/aromatic N) is 1. The Kier molecular flexibility index (Phi) is 27.8. The largest absolute Gasteiger partial charge is 0.492 e. The van der Waals surface area contributed by atoms with Crippen molar-refractivity contribution in [3.63, 3.8) is 0 Å². The fourth-order valence-corrected chi connectivity index (χ4v) is 12.1. The number of hydrogen-bond acceptors (Lipinski definition) is 11. The first-order valence-electron chi connectivity index (χ1n) is 35.3. The van der Waals surface area contributed by atoms with Crippen molar-refractivity contribution in [2.75, 3.05) is 83.1 Å². The first-order valence-corrected chi connectivity index (χ1v) is 35.3. The van der Waals surface area contributed by atoms with Crippen LogP contribution in [-0.4, -0.2) is 102 Å². The highest BCUT2D eigenvalue weighted by molar-refractivity contribution is 6.06. The first-order chi connectivity index (χ1) is 48.8. The number of carbonyl (C=O) groups is 5. The Morgan fingerprint density at radius 1 is 0.426 bits per heavy atom. The topological polar surface area (TPSA) is 205 Å². The minimum Gasteiger partial charge on any atom is -0.492 e. The number of aromatic nitrogens is 1. The Morgan fingerprint density at radius 2 is 0.832 bits per heavy atom. The second kappa shape index (κ2) is 37.4. The third-order valence-corrected chi connectivity index (χ3v) is 17.6. The zero-order valence-electron chi connectivity index (χ0n) is 59.6. The molecule has 8 aromatic rings. The third kappa shape index (κ3) is 22.7. The van der Waals surface area contributed by atoms with Crippen LogP contribution in [0.4, 0.5) is 11.4 Å². The van der Waals surface area contributed by atoms with Gasteiger partial charge in [-0.15, -0.1) is 0 Å². The molecule has 0 atom stereocenters. The van der Waals surface area contributed by atoms with Crippen LogP contribution in [0, 0.1) is 0 Å². The number of nitrogens with one attached hydrogen (secondary N) is 5. The van der Waals surface area contributed by atoms with Gasteiger partial charge in [0.05, 0.1) is 44.9 Å². The van der Waals surface area contributed by atoms with Crippen LogP contribution < -0.4 is 50.1 Å². The second-order valence-corrected chi connectivity index (χ2v) is 27.4. The first kappa shape index (κ1) is 75.1. The summed E-state index contributed by atoms with van der Waals surface area (Å²) in [7, 11) is 1.81. The lowest BCUT2D eigenvalue weighted by Crippen LogP contribution is -2.34. The van der Waals surface area contributed by atoms with Gasteiger partial charge in [0.25, 0.3) is 23.6 Å². The van der Waals surface area contributed by atoms with Gasteiger partial charge in [0.1, 0.15) is 67.6 Å². The monoisotopic (exact) mass is 1370 g/mol. The summed E-state index contributed by atoms with van der Waals surface area (Å²) in [6.45, 7) is 17.0. The molecule has 530 valence electrons. The molecule has 4 aliphatic heterocycles. The van der Waals surface area contributed by atoms with Gasteiger partial charge in [0, 0.05) is 35.5 Å². The van der Waals surface area contributed by atoms with Gasteiger partial charge in [-0.3, -0.25) is 24.0 Å². The molecular weight excluding hydrogens is 1270 g/mol. The predicted molar refractivity (Wildman–Crippen MR) is 397 cm³/mol. The van der Waals surface area contributed by atoms with Gasteiger partial charge >= 0.3 is 0 Å². The van der Waals surface area contributed by atoms with Gasteiger partial charge in [0.15, 0.2) is 12.4 Å². The van der Waals surface area contributed by atoms with Crippen LogP contribution in [0.15, 0.2) is 200 Å². The summed E-state index contributed by atoms with van der Waals surface area (Å²) >= 11 is 0. The van der Waals surface area contributed by atoms with E-state index in [0.29, 0.717) is 98.1 Å².